The van der Waals surface area contributed by atoms with E-state index < -0.39 is 23.4 Å². The molecular weight excluding hydrogens is 463 g/mol. The van der Waals surface area contributed by atoms with E-state index in [0.717, 1.165) is 11.8 Å². The summed E-state index contributed by atoms with van der Waals surface area (Å²) in [5.41, 5.74) is 1.40. The molecule has 0 unspecified atom stereocenters. The maximum Gasteiger partial charge on any atom is 0.450 e. The fraction of sp³-hybridized carbons (Fsp3) is 0.400. The molecule has 35 heavy (non-hydrogen) atoms. The Labute approximate surface area is 200 Å². The molecule has 186 valence electrons. The zero-order valence-electron chi connectivity index (χ0n) is 19.7. The molecule has 0 N–H and O–H groups in total. The maximum atomic E-state index is 13.3. The molecule has 0 atom stereocenters. The number of furan rings is 2. The van der Waals surface area contributed by atoms with Gasteiger partial charge in [0.15, 0.2) is 0 Å². The minimum absolute atomic E-state index is 0.0290. The van der Waals surface area contributed by atoms with Gasteiger partial charge in [-0.1, -0.05) is 0 Å². The van der Waals surface area contributed by atoms with Crippen molar-refractivity contribution in [3.63, 3.8) is 0 Å². The molecule has 3 aromatic rings. The quantitative estimate of drug-likeness (QED) is 0.493. The number of carbonyl (C=O) groups is 2. The molecule has 4 heterocycles. The normalized spacial score (nSPS) is 14.9. The van der Waals surface area contributed by atoms with Crippen molar-refractivity contribution in [2.45, 2.75) is 45.3 Å². The number of aromatic nitrogens is 1. The highest BCUT2D eigenvalue weighted by Gasteiger charge is 2.41. The molecule has 7 nitrogen and oxygen atoms in total. The summed E-state index contributed by atoms with van der Waals surface area (Å²) in [4.78, 5) is 33.7. The lowest BCUT2D eigenvalue weighted by molar-refractivity contribution is -0.153. The first-order valence-corrected chi connectivity index (χ1v) is 11.3. The van der Waals surface area contributed by atoms with Crippen LogP contribution in [-0.2, 0) is 12.7 Å². The van der Waals surface area contributed by atoms with Crippen molar-refractivity contribution in [1.29, 1.82) is 0 Å². The minimum Gasteiger partial charge on any atom is -0.467 e. The third-order valence-electron chi connectivity index (χ3n) is 6.13. The van der Waals surface area contributed by atoms with Crippen LogP contribution < -0.4 is 0 Å². The van der Waals surface area contributed by atoms with Gasteiger partial charge in [-0.3, -0.25) is 14.6 Å². The molecule has 0 spiro atoms. The van der Waals surface area contributed by atoms with Gasteiger partial charge >= 0.3 is 6.18 Å². The standard InChI is InChI=1S/C25H26F3N3O4/c1-15-6-7-19(23(32)30(3)14-18-5-4-12-34-18)21(29-15)17-8-10-31(11-9-17)24(33)20-13-16(2)35-22(20)25(26,27)28/h4-7,12-13,17H,8-11,14H2,1-3H3. The van der Waals surface area contributed by atoms with Crippen LogP contribution in [0.1, 0.15) is 68.1 Å². The van der Waals surface area contributed by atoms with Crippen molar-refractivity contribution >= 4 is 11.8 Å². The van der Waals surface area contributed by atoms with Crippen molar-refractivity contribution in [3.05, 3.63) is 76.4 Å². The van der Waals surface area contributed by atoms with E-state index in [0.29, 0.717) is 36.4 Å². The van der Waals surface area contributed by atoms with Gasteiger partial charge < -0.3 is 18.6 Å². The molecule has 1 saturated heterocycles. The van der Waals surface area contributed by atoms with Crippen LogP contribution in [0.25, 0.3) is 0 Å². The molecule has 0 bridgehead atoms. The van der Waals surface area contributed by atoms with E-state index in [-0.39, 0.29) is 30.7 Å². The van der Waals surface area contributed by atoms with E-state index in [9.17, 15) is 22.8 Å². The maximum absolute atomic E-state index is 13.3. The van der Waals surface area contributed by atoms with E-state index in [2.05, 4.69) is 4.98 Å². The van der Waals surface area contributed by atoms with Gasteiger partial charge in [-0.05, 0) is 57.0 Å². The summed E-state index contributed by atoms with van der Waals surface area (Å²) in [6.45, 7) is 4.01. The molecule has 1 aliphatic heterocycles. The number of hydrogen-bond donors (Lipinski definition) is 0. The van der Waals surface area contributed by atoms with Gasteiger partial charge in [0.1, 0.15) is 11.5 Å². The molecule has 1 aliphatic rings. The van der Waals surface area contributed by atoms with Gasteiger partial charge in [-0.25, -0.2) is 0 Å². The van der Waals surface area contributed by atoms with E-state index in [1.807, 2.05) is 6.92 Å². The van der Waals surface area contributed by atoms with Gasteiger partial charge in [0, 0.05) is 31.7 Å². The fourth-order valence-electron chi connectivity index (χ4n) is 4.39. The predicted molar refractivity (Wildman–Crippen MR) is 120 cm³/mol. The summed E-state index contributed by atoms with van der Waals surface area (Å²) < 4.78 is 50.0. The Morgan fingerprint density at radius 2 is 1.86 bits per heavy atom. The van der Waals surface area contributed by atoms with Crippen LogP contribution in [-0.4, -0.2) is 46.7 Å². The van der Waals surface area contributed by atoms with Gasteiger partial charge in [0.05, 0.1) is 29.6 Å². The topological polar surface area (TPSA) is 79.8 Å². The number of pyridine rings is 1. The molecule has 4 rings (SSSR count). The third-order valence-corrected chi connectivity index (χ3v) is 6.13. The molecule has 1 fully saturated rings. The summed E-state index contributed by atoms with van der Waals surface area (Å²) in [5.74, 6) is -1.60. The van der Waals surface area contributed by atoms with Crippen LogP contribution in [0.5, 0.6) is 0 Å². The number of likely N-dealkylation sites (tertiary alicyclic amines) is 1. The second-order valence-corrected chi connectivity index (χ2v) is 8.79. The molecule has 0 aliphatic carbocycles. The minimum atomic E-state index is -4.75. The Morgan fingerprint density at radius 1 is 1.14 bits per heavy atom. The van der Waals surface area contributed by atoms with Crippen molar-refractivity contribution in [3.8, 4) is 0 Å². The SMILES string of the molecule is Cc1ccc(C(=O)N(C)Cc2ccco2)c(C2CCN(C(=O)c3cc(C)oc3C(F)(F)F)CC2)n1. The lowest BCUT2D eigenvalue weighted by Gasteiger charge is -2.32. The van der Waals surface area contributed by atoms with Crippen LogP contribution in [0.2, 0.25) is 0 Å². The first-order valence-electron chi connectivity index (χ1n) is 11.3. The Hall–Kier alpha value is -3.56. The highest BCUT2D eigenvalue weighted by Crippen LogP contribution is 2.36. The number of rotatable bonds is 5. The second-order valence-electron chi connectivity index (χ2n) is 8.79. The Bertz CT molecular complexity index is 1210. The Kier molecular flexibility index (Phi) is 6.73. The van der Waals surface area contributed by atoms with E-state index >= 15 is 0 Å². The smallest absolute Gasteiger partial charge is 0.450 e. The van der Waals surface area contributed by atoms with Gasteiger partial charge in [0.25, 0.3) is 11.8 Å². The zero-order chi connectivity index (χ0) is 25.3. The molecule has 0 aromatic carbocycles. The average Bonchev–Trinajstić information content (AvgIpc) is 3.47. The van der Waals surface area contributed by atoms with Crippen LogP contribution in [0, 0.1) is 13.8 Å². The number of aryl methyl sites for hydroxylation is 2. The van der Waals surface area contributed by atoms with E-state index in [1.54, 1.807) is 42.5 Å². The molecular formula is C25H26F3N3O4. The lowest BCUT2D eigenvalue weighted by Crippen LogP contribution is -2.39. The third kappa shape index (κ3) is 5.26. The number of hydrogen-bond acceptors (Lipinski definition) is 5. The Balaban J connectivity index is 1.49. The monoisotopic (exact) mass is 489 g/mol. The number of carbonyl (C=O) groups excluding carboxylic acids is 2. The zero-order valence-corrected chi connectivity index (χ0v) is 19.7. The summed E-state index contributed by atoms with van der Waals surface area (Å²) in [7, 11) is 1.68. The average molecular weight is 489 g/mol. The number of halogens is 3. The van der Waals surface area contributed by atoms with E-state index in [4.69, 9.17) is 8.83 Å². The van der Waals surface area contributed by atoms with Crippen LogP contribution in [0.3, 0.4) is 0 Å². The first kappa shape index (κ1) is 24.6. The van der Waals surface area contributed by atoms with Crippen LogP contribution >= 0.6 is 0 Å². The largest absolute Gasteiger partial charge is 0.467 e. The molecule has 0 radical (unpaired) electrons. The number of nitrogens with zero attached hydrogens (tertiary/aromatic N) is 3. The predicted octanol–water partition coefficient (Wildman–Crippen LogP) is 5.20. The summed E-state index contributed by atoms with van der Waals surface area (Å²) in [5, 5.41) is 0. The Morgan fingerprint density at radius 3 is 2.49 bits per heavy atom. The highest BCUT2D eigenvalue weighted by atomic mass is 19.4. The van der Waals surface area contributed by atoms with Gasteiger partial charge in [-0.2, -0.15) is 13.2 Å². The number of piperidine rings is 1. The molecule has 0 saturated carbocycles. The second kappa shape index (κ2) is 9.59. The summed E-state index contributed by atoms with van der Waals surface area (Å²) in [6.07, 6.45) is -2.25. The van der Waals surface area contributed by atoms with Gasteiger partial charge in [0.2, 0.25) is 5.76 Å². The van der Waals surface area contributed by atoms with Crippen LogP contribution in [0.4, 0.5) is 13.2 Å². The molecule has 3 aromatic heterocycles. The lowest BCUT2D eigenvalue weighted by atomic mass is 9.89. The van der Waals surface area contributed by atoms with Crippen molar-refractivity contribution in [2.75, 3.05) is 20.1 Å². The van der Waals surface area contributed by atoms with Gasteiger partial charge in [-0.15, -0.1) is 0 Å². The first-order chi connectivity index (χ1) is 16.5. The van der Waals surface area contributed by atoms with Crippen LogP contribution in [0.15, 0.2) is 45.4 Å². The van der Waals surface area contributed by atoms with Crippen molar-refractivity contribution in [2.24, 2.45) is 0 Å². The number of alkyl halides is 3. The van der Waals surface area contributed by atoms with Crippen molar-refractivity contribution in [1.82, 2.24) is 14.8 Å². The molecule has 2 amide bonds. The highest BCUT2D eigenvalue weighted by molar-refractivity contribution is 5.96. The summed E-state index contributed by atoms with van der Waals surface area (Å²) >= 11 is 0. The fourth-order valence-corrected chi connectivity index (χ4v) is 4.39. The number of amides is 2. The van der Waals surface area contributed by atoms with Crippen molar-refractivity contribution < 1.29 is 31.6 Å². The summed E-state index contributed by atoms with van der Waals surface area (Å²) in [6, 6.07) is 8.20. The van der Waals surface area contributed by atoms with E-state index in [1.165, 1.54) is 11.8 Å². The molecule has 10 heteroatoms.